The predicted molar refractivity (Wildman–Crippen MR) is 83.4 cm³/mol. The predicted octanol–water partition coefficient (Wildman–Crippen LogP) is 0.619. The molecule has 1 aromatic heterocycles. The highest BCUT2D eigenvalue weighted by Crippen LogP contribution is 2.26. The zero-order valence-corrected chi connectivity index (χ0v) is 14.1. The van der Waals surface area contributed by atoms with Crippen LogP contribution >= 0.6 is 0 Å². The summed E-state index contributed by atoms with van der Waals surface area (Å²) in [5.74, 6) is 2.39. The Morgan fingerprint density at radius 1 is 1.41 bits per heavy atom. The van der Waals surface area contributed by atoms with Crippen molar-refractivity contribution in [3.63, 3.8) is 0 Å². The van der Waals surface area contributed by atoms with E-state index in [2.05, 4.69) is 19.7 Å². The topological polar surface area (TPSA) is 63.5 Å². The smallest absolute Gasteiger partial charge is 0.224 e. The third-order valence-electron chi connectivity index (χ3n) is 4.12. The summed E-state index contributed by atoms with van der Waals surface area (Å²) in [7, 11) is 7.67. The van der Waals surface area contributed by atoms with E-state index in [-0.39, 0.29) is 11.8 Å². The summed E-state index contributed by atoms with van der Waals surface area (Å²) in [6.07, 6.45) is 2.52. The molecule has 0 aromatic carbocycles. The van der Waals surface area contributed by atoms with Crippen LogP contribution in [0.1, 0.15) is 36.8 Å². The maximum Gasteiger partial charge on any atom is 0.224 e. The van der Waals surface area contributed by atoms with Gasteiger partial charge >= 0.3 is 0 Å². The van der Waals surface area contributed by atoms with Crippen molar-refractivity contribution in [1.29, 1.82) is 0 Å². The van der Waals surface area contributed by atoms with Gasteiger partial charge in [-0.25, -0.2) is 0 Å². The van der Waals surface area contributed by atoms with Gasteiger partial charge in [0.1, 0.15) is 11.6 Å². The first-order valence-electron chi connectivity index (χ1n) is 7.82. The second-order valence-electron chi connectivity index (χ2n) is 6.19. The molecule has 0 spiro atoms. The minimum Gasteiger partial charge on any atom is -0.384 e. The summed E-state index contributed by atoms with van der Waals surface area (Å²) in [6.45, 7) is 2.82. The van der Waals surface area contributed by atoms with E-state index in [0.29, 0.717) is 13.0 Å². The van der Waals surface area contributed by atoms with Crippen molar-refractivity contribution < 1.29 is 9.53 Å². The van der Waals surface area contributed by atoms with Gasteiger partial charge in [0.2, 0.25) is 5.91 Å². The first-order valence-corrected chi connectivity index (χ1v) is 7.82. The lowest BCUT2D eigenvalue weighted by Crippen LogP contribution is -2.40. The first-order chi connectivity index (χ1) is 10.5. The highest BCUT2D eigenvalue weighted by molar-refractivity contribution is 5.76. The molecule has 7 heteroatoms. The monoisotopic (exact) mass is 309 g/mol. The normalized spacial score (nSPS) is 19.0. The van der Waals surface area contributed by atoms with Crippen LogP contribution in [0.25, 0.3) is 0 Å². The molecule has 1 saturated heterocycles. The second kappa shape index (κ2) is 7.69. The van der Waals surface area contributed by atoms with Crippen LogP contribution in [0.5, 0.6) is 0 Å². The van der Waals surface area contributed by atoms with E-state index in [9.17, 15) is 4.79 Å². The Bertz CT molecular complexity index is 500. The van der Waals surface area contributed by atoms with Gasteiger partial charge in [-0.3, -0.25) is 4.79 Å². The van der Waals surface area contributed by atoms with Gasteiger partial charge < -0.3 is 19.1 Å². The number of nitrogens with zero attached hydrogens (tertiary/aromatic N) is 5. The molecule has 1 amide bonds. The molecule has 124 valence electrons. The van der Waals surface area contributed by atoms with Crippen LogP contribution in [0, 0.1) is 0 Å². The Balaban J connectivity index is 2.03. The van der Waals surface area contributed by atoms with Crippen LogP contribution in [0.2, 0.25) is 0 Å². The lowest BCUT2D eigenvalue weighted by Gasteiger charge is -2.32. The first kappa shape index (κ1) is 16.9. The van der Waals surface area contributed by atoms with Crippen molar-refractivity contribution in [3.05, 3.63) is 11.6 Å². The molecule has 1 aromatic rings. The van der Waals surface area contributed by atoms with Gasteiger partial charge in [-0.2, -0.15) is 0 Å². The van der Waals surface area contributed by atoms with E-state index in [1.807, 2.05) is 26.0 Å². The molecular formula is C15H27N5O2. The summed E-state index contributed by atoms with van der Waals surface area (Å²) in [4.78, 5) is 16.2. The molecule has 1 aliphatic heterocycles. The molecule has 1 aliphatic rings. The fourth-order valence-electron chi connectivity index (χ4n) is 2.91. The number of ether oxygens (including phenoxy) is 1. The van der Waals surface area contributed by atoms with E-state index in [1.54, 1.807) is 7.11 Å². The average Bonchev–Trinajstić information content (AvgIpc) is 2.85. The van der Waals surface area contributed by atoms with Crippen LogP contribution in [-0.4, -0.2) is 71.4 Å². The molecule has 1 unspecified atom stereocenters. The SMILES string of the molecule is COCCC(=O)N1CCCC(c2nnc(CN(C)C)n2C)C1. The number of hydrogen-bond donors (Lipinski definition) is 0. The molecule has 7 nitrogen and oxygen atoms in total. The van der Waals surface area contributed by atoms with Crippen molar-refractivity contribution in [3.8, 4) is 0 Å². The fourth-order valence-corrected chi connectivity index (χ4v) is 2.91. The van der Waals surface area contributed by atoms with Gasteiger partial charge in [-0.15, -0.1) is 10.2 Å². The number of aromatic nitrogens is 3. The van der Waals surface area contributed by atoms with Gasteiger partial charge in [-0.05, 0) is 26.9 Å². The molecule has 1 atom stereocenters. The average molecular weight is 309 g/mol. The Morgan fingerprint density at radius 2 is 2.18 bits per heavy atom. The molecule has 2 heterocycles. The van der Waals surface area contributed by atoms with Crippen molar-refractivity contribution >= 4 is 5.91 Å². The molecule has 1 fully saturated rings. The maximum atomic E-state index is 12.2. The second-order valence-corrected chi connectivity index (χ2v) is 6.19. The standard InChI is InChI=1S/C15H27N5O2/c1-18(2)11-13-16-17-15(19(13)3)12-6-5-8-20(10-12)14(21)7-9-22-4/h12H,5-11H2,1-4H3. The minimum atomic E-state index is 0.169. The maximum absolute atomic E-state index is 12.2. The van der Waals surface area contributed by atoms with Gasteiger partial charge in [0, 0.05) is 33.2 Å². The fraction of sp³-hybridized carbons (Fsp3) is 0.800. The zero-order chi connectivity index (χ0) is 16.1. The highest BCUT2D eigenvalue weighted by Gasteiger charge is 2.28. The third kappa shape index (κ3) is 4.04. The van der Waals surface area contributed by atoms with E-state index in [0.717, 1.165) is 44.1 Å². The number of rotatable bonds is 6. The lowest BCUT2D eigenvalue weighted by molar-refractivity contribution is -0.133. The van der Waals surface area contributed by atoms with Crippen molar-refractivity contribution in [1.82, 2.24) is 24.6 Å². The zero-order valence-electron chi connectivity index (χ0n) is 14.1. The molecule has 0 bridgehead atoms. The number of hydrogen-bond acceptors (Lipinski definition) is 5. The number of piperidine rings is 1. The van der Waals surface area contributed by atoms with Gasteiger partial charge in [0.05, 0.1) is 19.6 Å². The molecular weight excluding hydrogens is 282 g/mol. The summed E-state index contributed by atoms with van der Waals surface area (Å²) in [5.41, 5.74) is 0. The summed E-state index contributed by atoms with van der Waals surface area (Å²) in [6, 6.07) is 0. The highest BCUT2D eigenvalue weighted by atomic mass is 16.5. The van der Waals surface area contributed by atoms with Gasteiger partial charge in [-0.1, -0.05) is 0 Å². The van der Waals surface area contributed by atoms with Crippen LogP contribution in [0.15, 0.2) is 0 Å². The Kier molecular flexibility index (Phi) is 5.90. The summed E-state index contributed by atoms with van der Waals surface area (Å²) >= 11 is 0. The molecule has 0 saturated carbocycles. The van der Waals surface area contributed by atoms with Gasteiger partial charge in [0.15, 0.2) is 0 Å². The number of likely N-dealkylation sites (tertiary alicyclic amines) is 1. The number of carbonyl (C=O) groups is 1. The summed E-state index contributed by atoms with van der Waals surface area (Å²) in [5, 5.41) is 8.67. The molecule has 22 heavy (non-hydrogen) atoms. The molecule has 0 aliphatic carbocycles. The quantitative estimate of drug-likeness (QED) is 0.771. The number of carbonyl (C=O) groups excluding carboxylic acids is 1. The van der Waals surface area contributed by atoms with Crippen LogP contribution in [0.4, 0.5) is 0 Å². The van der Waals surface area contributed by atoms with Crippen molar-refractivity contribution in [2.24, 2.45) is 7.05 Å². The summed E-state index contributed by atoms with van der Waals surface area (Å²) < 4.78 is 7.07. The third-order valence-corrected chi connectivity index (χ3v) is 4.12. The van der Waals surface area contributed by atoms with Crippen LogP contribution in [-0.2, 0) is 23.1 Å². The van der Waals surface area contributed by atoms with E-state index < -0.39 is 0 Å². The van der Waals surface area contributed by atoms with Gasteiger partial charge in [0.25, 0.3) is 0 Å². The minimum absolute atomic E-state index is 0.169. The van der Waals surface area contributed by atoms with E-state index in [4.69, 9.17) is 4.74 Å². The Labute approximate surface area is 132 Å². The van der Waals surface area contributed by atoms with Crippen LogP contribution in [0.3, 0.4) is 0 Å². The number of methoxy groups -OCH3 is 1. The molecule has 2 rings (SSSR count). The Hall–Kier alpha value is -1.47. The molecule has 0 radical (unpaired) electrons. The molecule has 0 N–H and O–H groups in total. The van der Waals surface area contributed by atoms with Crippen molar-refractivity contribution in [2.45, 2.75) is 31.7 Å². The largest absolute Gasteiger partial charge is 0.384 e. The lowest BCUT2D eigenvalue weighted by atomic mass is 9.97. The van der Waals surface area contributed by atoms with E-state index >= 15 is 0 Å². The Morgan fingerprint density at radius 3 is 2.86 bits per heavy atom. The van der Waals surface area contributed by atoms with E-state index in [1.165, 1.54) is 0 Å². The van der Waals surface area contributed by atoms with Crippen molar-refractivity contribution in [2.75, 3.05) is 40.9 Å². The number of amides is 1. The van der Waals surface area contributed by atoms with Crippen LogP contribution < -0.4 is 0 Å².